The van der Waals surface area contributed by atoms with Gasteiger partial charge in [-0.2, -0.15) is 5.26 Å². The number of benzene rings is 1. The smallest absolute Gasteiger partial charge is 0.326 e. The molecule has 1 atom stereocenters. The van der Waals surface area contributed by atoms with Gasteiger partial charge in [-0.3, -0.25) is 10.1 Å². The first-order valence-electron chi connectivity index (χ1n) is 6.89. The number of para-hydroxylation sites is 1. The first-order valence-corrected chi connectivity index (χ1v) is 7.27. The lowest BCUT2D eigenvalue weighted by Crippen LogP contribution is -2.37. The number of allylic oxidation sites excluding steroid dienone is 1. The van der Waals surface area contributed by atoms with E-state index in [0.717, 1.165) is 0 Å². The third kappa shape index (κ3) is 5.89. The van der Waals surface area contributed by atoms with Crippen LogP contribution < -0.4 is 16.0 Å². The lowest BCUT2D eigenvalue weighted by atomic mass is 10.2. The molecule has 0 radical (unpaired) electrons. The SMILES string of the molecule is C/C(NC[C@H](O)CO)=C(/C#N)C(=O)NC(=O)Nc1ccccc1Cl. The monoisotopic (exact) mass is 352 g/mol. The average Bonchev–Trinajstić information content (AvgIpc) is 2.55. The van der Waals surface area contributed by atoms with Gasteiger partial charge in [-0.1, -0.05) is 23.7 Å². The summed E-state index contributed by atoms with van der Waals surface area (Å²) in [4.78, 5) is 23.8. The molecule has 0 aliphatic rings. The zero-order valence-electron chi connectivity index (χ0n) is 12.8. The van der Waals surface area contributed by atoms with Crippen LogP contribution in [0.2, 0.25) is 5.02 Å². The van der Waals surface area contributed by atoms with Gasteiger partial charge in [-0.25, -0.2) is 4.79 Å². The number of carbonyl (C=O) groups is 2. The molecule has 3 amide bonds. The third-order valence-electron chi connectivity index (χ3n) is 2.88. The Bertz CT molecular complexity index is 684. The van der Waals surface area contributed by atoms with Gasteiger partial charge < -0.3 is 20.8 Å². The number of nitrogens with zero attached hydrogens (tertiary/aromatic N) is 1. The summed E-state index contributed by atoms with van der Waals surface area (Å²) in [6, 6.07) is 7.30. The van der Waals surface area contributed by atoms with E-state index in [1.165, 1.54) is 6.92 Å². The van der Waals surface area contributed by atoms with Crippen molar-refractivity contribution in [3.05, 3.63) is 40.6 Å². The number of carbonyl (C=O) groups excluding carboxylic acids is 2. The summed E-state index contributed by atoms with van der Waals surface area (Å²) in [5.41, 5.74) is 0.148. The van der Waals surface area contributed by atoms with Crippen molar-refractivity contribution in [1.82, 2.24) is 10.6 Å². The van der Waals surface area contributed by atoms with Crippen LogP contribution in [0.15, 0.2) is 35.5 Å². The van der Waals surface area contributed by atoms with Crippen LogP contribution in [0.1, 0.15) is 6.92 Å². The number of nitriles is 1. The molecule has 0 unspecified atom stereocenters. The van der Waals surface area contributed by atoms with E-state index in [0.29, 0.717) is 10.7 Å². The summed E-state index contributed by atoms with van der Waals surface area (Å²) in [7, 11) is 0. The largest absolute Gasteiger partial charge is 0.394 e. The number of hydrogen-bond donors (Lipinski definition) is 5. The highest BCUT2D eigenvalue weighted by Crippen LogP contribution is 2.20. The predicted octanol–water partition coefficient (Wildman–Crippen LogP) is 0.728. The quantitative estimate of drug-likeness (QED) is 0.378. The zero-order chi connectivity index (χ0) is 18.1. The molecule has 1 aromatic rings. The van der Waals surface area contributed by atoms with Gasteiger partial charge in [0.15, 0.2) is 0 Å². The zero-order valence-corrected chi connectivity index (χ0v) is 13.6. The van der Waals surface area contributed by atoms with Crippen LogP contribution >= 0.6 is 11.6 Å². The van der Waals surface area contributed by atoms with Crippen molar-refractivity contribution in [2.75, 3.05) is 18.5 Å². The first kappa shape index (κ1) is 19.4. The molecule has 0 fully saturated rings. The molecule has 1 rings (SSSR count). The highest BCUT2D eigenvalue weighted by atomic mass is 35.5. The van der Waals surface area contributed by atoms with Crippen LogP contribution in [-0.2, 0) is 4.79 Å². The lowest BCUT2D eigenvalue weighted by molar-refractivity contribution is -0.116. The molecular weight excluding hydrogens is 336 g/mol. The molecule has 9 heteroatoms. The topological polar surface area (TPSA) is 134 Å². The number of amides is 3. The average molecular weight is 353 g/mol. The van der Waals surface area contributed by atoms with Crippen LogP contribution in [0, 0.1) is 11.3 Å². The molecule has 0 aliphatic carbocycles. The van der Waals surface area contributed by atoms with E-state index in [1.54, 1.807) is 30.3 Å². The molecule has 0 aliphatic heterocycles. The minimum absolute atomic E-state index is 0.0490. The van der Waals surface area contributed by atoms with Crippen molar-refractivity contribution >= 4 is 29.2 Å². The Balaban J connectivity index is 2.71. The molecule has 0 saturated carbocycles. The molecule has 0 heterocycles. The summed E-state index contributed by atoms with van der Waals surface area (Å²) < 4.78 is 0. The summed E-state index contributed by atoms with van der Waals surface area (Å²) in [5, 5.41) is 34.4. The van der Waals surface area contributed by atoms with Crippen LogP contribution in [0.4, 0.5) is 10.5 Å². The van der Waals surface area contributed by atoms with E-state index in [2.05, 4.69) is 10.6 Å². The van der Waals surface area contributed by atoms with Gasteiger partial charge in [0.1, 0.15) is 11.6 Å². The number of halogens is 1. The van der Waals surface area contributed by atoms with E-state index < -0.39 is 24.6 Å². The van der Waals surface area contributed by atoms with Gasteiger partial charge in [-0.05, 0) is 19.1 Å². The van der Waals surface area contributed by atoms with Crippen LogP contribution in [0.3, 0.4) is 0 Å². The van der Waals surface area contributed by atoms with Crippen molar-refractivity contribution in [1.29, 1.82) is 5.26 Å². The maximum Gasteiger partial charge on any atom is 0.326 e. The molecule has 24 heavy (non-hydrogen) atoms. The number of imide groups is 1. The summed E-state index contributed by atoms with van der Waals surface area (Å²) in [5.74, 6) is -0.912. The van der Waals surface area contributed by atoms with Gasteiger partial charge in [0, 0.05) is 12.2 Å². The fourth-order valence-electron chi connectivity index (χ4n) is 1.61. The van der Waals surface area contributed by atoms with Crippen LogP contribution in [0.5, 0.6) is 0 Å². The molecule has 8 nitrogen and oxygen atoms in total. The second kappa shape index (κ2) is 9.52. The number of aliphatic hydroxyl groups is 2. The standard InChI is InChI=1S/C15H17ClN4O4/c1-9(18-7-10(22)8-21)11(6-17)14(23)20-15(24)19-13-5-3-2-4-12(13)16/h2-5,10,18,21-22H,7-8H2,1H3,(H2,19,20,23,24)/b11-9+/t10-/m0/s1. The Morgan fingerprint density at radius 3 is 2.62 bits per heavy atom. The number of hydrogen-bond acceptors (Lipinski definition) is 6. The minimum Gasteiger partial charge on any atom is -0.394 e. The van der Waals surface area contributed by atoms with E-state index in [9.17, 15) is 14.7 Å². The fraction of sp³-hybridized carbons (Fsp3) is 0.267. The van der Waals surface area contributed by atoms with Gasteiger partial charge >= 0.3 is 6.03 Å². The summed E-state index contributed by atoms with van der Waals surface area (Å²) in [6.45, 7) is 0.926. The Morgan fingerprint density at radius 1 is 1.38 bits per heavy atom. The predicted molar refractivity (Wildman–Crippen MR) is 88.0 cm³/mol. The number of aliphatic hydroxyl groups excluding tert-OH is 2. The van der Waals surface area contributed by atoms with E-state index >= 15 is 0 Å². The van der Waals surface area contributed by atoms with Crippen LogP contribution in [0.25, 0.3) is 0 Å². The van der Waals surface area contributed by atoms with E-state index in [1.807, 2.05) is 5.32 Å². The Kier molecular flexibility index (Phi) is 7.71. The Hall–Kier alpha value is -2.60. The van der Waals surface area contributed by atoms with Gasteiger partial charge in [0.2, 0.25) is 0 Å². The number of rotatable bonds is 6. The van der Waals surface area contributed by atoms with E-state index in [-0.39, 0.29) is 17.8 Å². The first-order chi connectivity index (χ1) is 11.4. The van der Waals surface area contributed by atoms with Crippen molar-refractivity contribution < 1.29 is 19.8 Å². The van der Waals surface area contributed by atoms with Crippen LogP contribution in [-0.4, -0.2) is 41.4 Å². The van der Waals surface area contributed by atoms with Crippen molar-refractivity contribution in [2.24, 2.45) is 0 Å². The highest BCUT2D eigenvalue weighted by molar-refractivity contribution is 6.33. The maximum absolute atomic E-state index is 12.0. The van der Waals surface area contributed by atoms with Crippen molar-refractivity contribution in [3.8, 4) is 6.07 Å². The Labute approximate surface area is 143 Å². The summed E-state index contributed by atoms with van der Waals surface area (Å²) >= 11 is 5.89. The maximum atomic E-state index is 12.0. The third-order valence-corrected chi connectivity index (χ3v) is 3.21. The van der Waals surface area contributed by atoms with Gasteiger partial charge in [0.25, 0.3) is 5.91 Å². The number of anilines is 1. The number of urea groups is 1. The lowest BCUT2D eigenvalue weighted by Gasteiger charge is -2.12. The highest BCUT2D eigenvalue weighted by Gasteiger charge is 2.17. The normalized spacial score (nSPS) is 12.5. The van der Waals surface area contributed by atoms with E-state index in [4.69, 9.17) is 22.0 Å². The molecule has 0 spiro atoms. The molecule has 0 aromatic heterocycles. The minimum atomic E-state index is -1.04. The Morgan fingerprint density at radius 2 is 2.04 bits per heavy atom. The molecule has 5 N–H and O–H groups in total. The fourth-order valence-corrected chi connectivity index (χ4v) is 1.79. The summed E-state index contributed by atoms with van der Waals surface area (Å²) in [6.07, 6.45) is -1.04. The van der Waals surface area contributed by atoms with Gasteiger partial charge in [-0.15, -0.1) is 0 Å². The molecule has 1 aromatic carbocycles. The second-order valence-electron chi connectivity index (χ2n) is 4.72. The van der Waals surface area contributed by atoms with Crippen molar-refractivity contribution in [3.63, 3.8) is 0 Å². The molecular formula is C15H17ClN4O4. The second-order valence-corrected chi connectivity index (χ2v) is 5.12. The molecule has 0 saturated heterocycles. The molecule has 0 bridgehead atoms. The van der Waals surface area contributed by atoms with Crippen molar-refractivity contribution in [2.45, 2.75) is 13.0 Å². The van der Waals surface area contributed by atoms with Gasteiger partial charge in [0.05, 0.1) is 23.4 Å². The number of nitrogens with one attached hydrogen (secondary N) is 3. The molecule has 128 valence electrons.